The number of benzene rings is 3. The molecular weight excluding hydrogens is 620 g/mol. The highest BCUT2D eigenvalue weighted by Crippen LogP contribution is 2.44. The highest BCUT2D eigenvalue weighted by Gasteiger charge is 2.23. The van der Waals surface area contributed by atoms with Crippen molar-refractivity contribution >= 4 is 58.1 Å². The number of hydrogen-bond donors (Lipinski definition) is 0. The molecule has 10 heteroatoms. The number of esters is 1. The lowest BCUT2D eigenvalue weighted by Gasteiger charge is -2.21. The first kappa shape index (κ1) is 26.2. The third-order valence-electron chi connectivity index (χ3n) is 6.21. The van der Waals surface area contributed by atoms with Gasteiger partial charge in [0.05, 0.1) is 37.0 Å². The first-order valence-corrected chi connectivity index (χ1v) is 15.0. The van der Waals surface area contributed by atoms with Gasteiger partial charge >= 0.3 is 5.97 Å². The molecule has 0 amide bonds. The van der Waals surface area contributed by atoms with Crippen LogP contribution in [0.5, 0.6) is 17.4 Å². The zero-order valence-electron chi connectivity index (χ0n) is 21.0. The number of hydrogen-bond acceptors (Lipinski definition) is 7. The minimum atomic E-state index is -0.478. The van der Waals surface area contributed by atoms with Crippen molar-refractivity contribution in [1.82, 2.24) is 14.2 Å². The van der Waals surface area contributed by atoms with Crippen LogP contribution in [0.4, 0.5) is 4.39 Å². The summed E-state index contributed by atoms with van der Waals surface area (Å²) in [6.45, 7) is 4.12. The number of fused-ring (bicyclic) bond motifs is 2. The van der Waals surface area contributed by atoms with Gasteiger partial charge < -0.3 is 14.2 Å². The number of ether oxygens (including phenoxy) is 3. The van der Waals surface area contributed by atoms with E-state index in [1.165, 1.54) is 35.5 Å². The number of aromatic nitrogens is 3. The molecule has 0 atom stereocenters. The predicted octanol–water partition coefficient (Wildman–Crippen LogP) is 7.95. The fourth-order valence-corrected chi connectivity index (χ4v) is 5.71. The molecule has 0 saturated heterocycles. The minimum absolute atomic E-state index is 0.00520. The Morgan fingerprint density at radius 2 is 1.82 bits per heavy atom. The zero-order chi connectivity index (χ0) is 27.0. The maximum absolute atomic E-state index is 13.9. The Balaban J connectivity index is 1.79. The molecular formula is C28H23FIN3O4S. The molecule has 0 bridgehead atoms. The SMILES string of the molecule is COC(=O)c1ccc(Oc2nc3cc4c(cnn4SI)cc3c(-c3ccc(F)cc3)c2C(C)C)c(OC)c1. The maximum atomic E-state index is 13.9. The van der Waals surface area contributed by atoms with Gasteiger partial charge in [-0.3, -0.25) is 0 Å². The molecule has 0 spiro atoms. The number of nitrogens with zero attached hydrogens (tertiary/aromatic N) is 3. The van der Waals surface area contributed by atoms with Crippen LogP contribution in [-0.4, -0.2) is 34.4 Å². The Labute approximate surface area is 235 Å². The molecule has 0 aliphatic rings. The molecule has 0 aliphatic carbocycles. The molecule has 7 nitrogen and oxygen atoms in total. The summed E-state index contributed by atoms with van der Waals surface area (Å²) in [6.07, 6.45) is 1.82. The van der Waals surface area contributed by atoms with Crippen molar-refractivity contribution in [2.45, 2.75) is 19.8 Å². The molecule has 2 aromatic heterocycles. The van der Waals surface area contributed by atoms with Gasteiger partial charge in [-0.2, -0.15) is 9.19 Å². The van der Waals surface area contributed by atoms with Gasteiger partial charge in [0.1, 0.15) is 5.82 Å². The van der Waals surface area contributed by atoms with E-state index in [0.29, 0.717) is 28.5 Å². The predicted molar refractivity (Wildman–Crippen MR) is 156 cm³/mol. The standard InChI is InChI=1S/C28H23FIN3O4S/c1-15(2)25-26(16-5-8-19(29)9-6-16)20-11-18-14-31-33(38-30)22(18)13-21(20)32-27(25)37-23-10-7-17(28(34)36-4)12-24(23)35-3/h5-15H,1-4H3. The first-order chi connectivity index (χ1) is 18.3. The topological polar surface area (TPSA) is 75.5 Å². The Bertz CT molecular complexity index is 1670. The first-order valence-electron chi connectivity index (χ1n) is 11.7. The van der Waals surface area contributed by atoms with Crippen molar-refractivity contribution in [3.63, 3.8) is 0 Å². The van der Waals surface area contributed by atoms with E-state index >= 15 is 0 Å². The second-order valence-corrected chi connectivity index (χ2v) is 10.5. The fraction of sp³-hybridized carbons (Fsp3) is 0.179. The number of rotatable bonds is 7. The highest BCUT2D eigenvalue weighted by molar-refractivity contribution is 14.2. The molecule has 2 heterocycles. The van der Waals surface area contributed by atoms with Crippen molar-refractivity contribution in [3.05, 3.63) is 77.7 Å². The molecule has 194 valence electrons. The van der Waals surface area contributed by atoms with Crippen LogP contribution in [0.25, 0.3) is 32.9 Å². The number of pyridine rings is 1. The molecule has 0 aliphatic heterocycles. The van der Waals surface area contributed by atoms with Gasteiger partial charge in [0.25, 0.3) is 0 Å². The average molecular weight is 643 g/mol. The molecule has 0 saturated carbocycles. The molecule has 3 aromatic carbocycles. The number of carbonyl (C=O) groups excluding carboxylic acids is 1. The van der Waals surface area contributed by atoms with Gasteiger partial charge in [0, 0.05) is 46.7 Å². The van der Waals surface area contributed by atoms with Crippen molar-refractivity contribution in [3.8, 4) is 28.5 Å². The van der Waals surface area contributed by atoms with Crippen LogP contribution in [0.1, 0.15) is 35.7 Å². The quantitative estimate of drug-likeness (QED) is 0.132. The largest absolute Gasteiger partial charge is 0.493 e. The van der Waals surface area contributed by atoms with Gasteiger partial charge in [-0.15, -0.1) is 0 Å². The lowest BCUT2D eigenvalue weighted by atomic mass is 9.90. The molecule has 5 aromatic rings. The van der Waals surface area contributed by atoms with E-state index in [9.17, 15) is 9.18 Å². The second-order valence-electron chi connectivity index (χ2n) is 8.84. The van der Waals surface area contributed by atoms with Gasteiger partial charge in [-0.25, -0.2) is 14.2 Å². The van der Waals surface area contributed by atoms with E-state index in [0.717, 1.165) is 33.0 Å². The van der Waals surface area contributed by atoms with E-state index in [2.05, 4.69) is 46.2 Å². The smallest absolute Gasteiger partial charge is 0.337 e. The maximum Gasteiger partial charge on any atom is 0.337 e. The summed E-state index contributed by atoms with van der Waals surface area (Å²) in [6, 6.07) is 15.3. The Morgan fingerprint density at radius 1 is 1.05 bits per heavy atom. The number of methoxy groups -OCH3 is 2. The summed E-state index contributed by atoms with van der Waals surface area (Å²) in [4.78, 5) is 17.0. The Morgan fingerprint density at radius 3 is 2.47 bits per heavy atom. The van der Waals surface area contributed by atoms with Crippen LogP contribution in [0, 0.1) is 5.82 Å². The van der Waals surface area contributed by atoms with Gasteiger partial charge in [0.15, 0.2) is 11.5 Å². The summed E-state index contributed by atoms with van der Waals surface area (Å²) in [7, 11) is 4.29. The summed E-state index contributed by atoms with van der Waals surface area (Å²) >= 11 is 2.18. The van der Waals surface area contributed by atoms with Gasteiger partial charge in [-0.05, 0) is 59.5 Å². The third-order valence-corrected chi connectivity index (χ3v) is 7.75. The van der Waals surface area contributed by atoms with Gasteiger partial charge in [0.2, 0.25) is 5.88 Å². The molecule has 0 radical (unpaired) electrons. The van der Waals surface area contributed by atoms with E-state index in [-0.39, 0.29) is 11.7 Å². The van der Waals surface area contributed by atoms with E-state index in [1.54, 1.807) is 30.3 Å². The van der Waals surface area contributed by atoms with Crippen molar-refractivity contribution in [2.75, 3.05) is 14.2 Å². The Hall–Kier alpha value is -3.38. The summed E-state index contributed by atoms with van der Waals surface area (Å²) in [5.41, 5.74) is 4.56. The van der Waals surface area contributed by atoms with Crippen molar-refractivity contribution in [1.29, 1.82) is 0 Å². The number of carbonyl (C=O) groups is 1. The third kappa shape index (κ3) is 4.78. The van der Waals surface area contributed by atoms with Crippen molar-refractivity contribution < 1.29 is 23.4 Å². The van der Waals surface area contributed by atoms with Crippen molar-refractivity contribution in [2.24, 2.45) is 0 Å². The second kappa shape index (κ2) is 10.8. The molecule has 0 fully saturated rings. The molecule has 0 unspecified atom stereocenters. The fourth-order valence-electron chi connectivity index (χ4n) is 4.45. The van der Waals surface area contributed by atoms with E-state index < -0.39 is 5.97 Å². The highest BCUT2D eigenvalue weighted by atomic mass is 127. The van der Waals surface area contributed by atoms with Crippen LogP contribution >= 0.6 is 30.3 Å². The average Bonchev–Trinajstić information content (AvgIpc) is 3.33. The lowest BCUT2D eigenvalue weighted by molar-refractivity contribution is 0.0600. The molecule has 5 rings (SSSR count). The summed E-state index contributed by atoms with van der Waals surface area (Å²) in [5.74, 6) is 0.367. The summed E-state index contributed by atoms with van der Waals surface area (Å²) in [5, 5.41) is 6.34. The normalized spacial score (nSPS) is 11.3. The Kier molecular flexibility index (Phi) is 7.44. The summed E-state index contributed by atoms with van der Waals surface area (Å²) < 4.78 is 32.5. The van der Waals surface area contributed by atoms with E-state index in [4.69, 9.17) is 19.2 Å². The molecule has 38 heavy (non-hydrogen) atoms. The van der Waals surface area contributed by atoms with Crippen LogP contribution < -0.4 is 9.47 Å². The van der Waals surface area contributed by atoms with E-state index in [1.807, 2.05) is 16.4 Å². The number of halogens is 2. The minimum Gasteiger partial charge on any atom is -0.493 e. The lowest BCUT2D eigenvalue weighted by Crippen LogP contribution is -2.04. The van der Waals surface area contributed by atoms with Crippen LogP contribution in [0.3, 0.4) is 0 Å². The van der Waals surface area contributed by atoms with Crippen LogP contribution in [0.2, 0.25) is 0 Å². The molecule has 0 N–H and O–H groups in total. The van der Waals surface area contributed by atoms with Gasteiger partial charge in [-0.1, -0.05) is 26.0 Å². The van der Waals surface area contributed by atoms with Crippen LogP contribution in [0.15, 0.2) is 60.8 Å². The zero-order valence-corrected chi connectivity index (χ0v) is 24.0. The van der Waals surface area contributed by atoms with Crippen LogP contribution in [-0.2, 0) is 4.74 Å². The monoisotopic (exact) mass is 643 g/mol.